The van der Waals surface area contributed by atoms with E-state index in [-0.39, 0.29) is 17.5 Å². The maximum Gasteiger partial charge on any atom is 0.259 e. The molecule has 1 amide bonds. The van der Waals surface area contributed by atoms with E-state index in [2.05, 4.69) is 9.97 Å². The van der Waals surface area contributed by atoms with Crippen LogP contribution in [0.25, 0.3) is 0 Å². The van der Waals surface area contributed by atoms with Crippen LogP contribution in [0.3, 0.4) is 0 Å². The Hall–Kier alpha value is -2.30. The van der Waals surface area contributed by atoms with Gasteiger partial charge in [-0.2, -0.15) is 4.39 Å². The first-order valence-corrected chi connectivity index (χ1v) is 6.41. The van der Waals surface area contributed by atoms with Gasteiger partial charge in [-0.15, -0.1) is 0 Å². The van der Waals surface area contributed by atoms with Crippen molar-refractivity contribution in [1.82, 2.24) is 14.9 Å². The van der Waals surface area contributed by atoms with Crippen LogP contribution in [0.4, 0.5) is 4.39 Å². The molecular formula is C15H16FN3O. The highest BCUT2D eigenvalue weighted by Gasteiger charge is 2.22. The van der Waals surface area contributed by atoms with Gasteiger partial charge in [0.2, 0.25) is 5.95 Å². The van der Waals surface area contributed by atoms with Crippen LogP contribution in [0.15, 0.2) is 42.7 Å². The molecule has 0 unspecified atom stereocenters. The summed E-state index contributed by atoms with van der Waals surface area (Å²) >= 11 is 0. The minimum atomic E-state index is -0.746. The summed E-state index contributed by atoms with van der Waals surface area (Å²) in [7, 11) is 0. The number of nitrogens with zero attached hydrogens (tertiary/aromatic N) is 3. The fraction of sp³-hybridized carbons (Fsp3) is 0.267. The Morgan fingerprint density at radius 2 is 1.95 bits per heavy atom. The third kappa shape index (κ3) is 3.17. The fourth-order valence-corrected chi connectivity index (χ4v) is 1.86. The second kappa shape index (κ2) is 6.23. The van der Waals surface area contributed by atoms with Crippen molar-refractivity contribution in [1.29, 1.82) is 0 Å². The van der Waals surface area contributed by atoms with Gasteiger partial charge in [-0.25, -0.2) is 4.98 Å². The number of hydrogen-bond acceptors (Lipinski definition) is 3. The highest BCUT2D eigenvalue weighted by Crippen LogP contribution is 2.13. The summed E-state index contributed by atoms with van der Waals surface area (Å²) in [5, 5.41) is 0. The highest BCUT2D eigenvalue weighted by atomic mass is 19.1. The Bertz CT molecular complexity index is 587. The molecule has 2 heterocycles. The first-order chi connectivity index (χ1) is 9.59. The lowest BCUT2D eigenvalue weighted by atomic mass is 10.2. The van der Waals surface area contributed by atoms with E-state index in [1.165, 1.54) is 12.3 Å². The average molecular weight is 273 g/mol. The van der Waals surface area contributed by atoms with E-state index in [0.29, 0.717) is 6.54 Å². The van der Waals surface area contributed by atoms with Crippen LogP contribution in [-0.2, 0) is 6.54 Å². The zero-order valence-corrected chi connectivity index (χ0v) is 11.5. The Balaban J connectivity index is 2.25. The van der Waals surface area contributed by atoms with Crippen LogP contribution in [0.5, 0.6) is 0 Å². The zero-order chi connectivity index (χ0) is 14.5. The van der Waals surface area contributed by atoms with Crippen LogP contribution in [-0.4, -0.2) is 26.8 Å². The quantitative estimate of drug-likeness (QED) is 0.805. The molecule has 0 aliphatic rings. The Morgan fingerprint density at radius 1 is 1.20 bits per heavy atom. The smallest absolute Gasteiger partial charge is 0.259 e. The van der Waals surface area contributed by atoms with E-state index in [1.54, 1.807) is 17.2 Å². The minimum absolute atomic E-state index is 0.0165. The monoisotopic (exact) mass is 273 g/mol. The third-order valence-electron chi connectivity index (χ3n) is 2.93. The molecule has 20 heavy (non-hydrogen) atoms. The summed E-state index contributed by atoms with van der Waals surface area (Å²) in [5.41, 5.74) is 0.746. The van der Waals surface area contributed by atoms with Gasteiger partial charge < -0.3 is 4.90 Å². The maximum absolute atomic E-state index is 13.6. The van der Waals surface area contributed by atoms with Crippen LogP contribution in [0.1, 0.15) is 29.9 Å². The van der Waals surface area contributed by atoms with Crippen molar-refractivity contribution in [3.63, 3.8) is 0 Å². The van der Waals surface area contributed by atoms with Gasteiger partial charge >= 0.3 is 0 Å². The predicted octanol–water partition coefficient (Wildman–Crippen LogP) is 2.67. The van der Waals surface area contributed by atoms with E-state index in [0.717, 1.165) is 5.69 Å². The number of amides is 1. The van der Waals surface area contributed by atoms with E-state index in [4.69, 9.17) is 0 Å². The molecule has 0 aliphatic heterocycles. The normalized spacial score (nSPS) is 10.6. The Morgan fingerprint density at radius 3 is 2.55 bits per heavy atom. The van der Waals surface area contributed by atoms with Crippen molar-refractivity contribution in [3.05, 3.63) is 59.9 Å². The number of carbonyl (C=O) groups excluding carboxylic acids is 1. The van der Waals surface area contributed by atoms with Crippen molar-refractivity contribution in [2.75, 3.05) is 0 Å². The zero-order valence-electron chi connectivity index (χ0n) is 11.5. The number of aromatic nitrogens is 2. The number of pyridine rings is 2. The lowest BCUT2D eigenvalue weighted by molar-refractivity contribution is 0.0682. The Labute approximate surface area is 117 Å². The highest BCUT2D eigenvalue weighted by molar-refractivity contribution is 5.94. The van der Waals surface area contributed by atoms with Crippen molar-refractivity contribution in [3.8, 4) is 0 Å². The van der Waals surface area contributed by atoms with Gasteiger partial charge in [0.25, 0.3) is 5.91 Å². The van der Waals surface area contributed by atoms with Crippen molar-refractivity contribution in [2.45, 2.75) is 26.4 Å². The van der Waals surface area contributed by atoms with Gasteiger partial charge in [0.15, 0.2) is 0 Å². The van der Waals surface area contributed by atoms with Crippen molar-refractivity contribution < 1.29 is 9.18 Å². The number of hydrogen-bond donors (Lipinski definition) is 0. The maximum atomic E-state index is 13.6. The van der Waals surface area contributed by atoms with Gasteiger partial charge in [0.05, 0.1) is 17.8 Å². The molecular weight excluding hydrogens is 257 g/mol. The molecule has 104 valence electrons. The van der Waals surface area contributed by atoms with Gasteiger partial charge in [-0.3, -0.25) is 9.78 Å². The summed E-state index contributed by atoms with van der Waals surface area (Å²) in [6.07, 6.45) is 2.99. The second-order valence-corrected chi connectivity index (χ2v) is 4.69. The van der Waals surface area contributed by atoms with Crippen molar-refractivity contribution in [2.24, 2.45) is 0 Å². The second-order valence-electron chi connectivity index (χ2n) is 4.69. The van der Waals surface area contributed by atoms with E-state index in [1.807, 2.05) is 32.0 Å². The number of rotatable bonds is 4. The largest absolute Gasteiger partial charge is 0.330 e. The number of halogens is 1. The first-order valence-electron chi connectivity index (χ1n) is 6.41. The summed E-state index contributed by atoms with van der Waals surface area (Å²) < 4.78 is 13.6. The molecule has 0 aromatic carbocycles. The summed E-state index contributed by atoms with van der Waals surface area (Å²) in [6, 6.07) is 8.43. The van der Waals surface area contributed by atoms with E-state index in [9.17, 15) is 9.18 Å². The molecule has 2 rings (SSSR count). The summed E-state index contributed by atoms with van der Waals surface area (Å²) in [4.78, 5) is 21.7. The molecule has 5 heteroatoms. The number of carbonyl (C=O) groups is 1. The topological polar surface area (TPSA) is 46.1 Å². The molecule has 0 spiro atoms. The third-order valence-corrected chi connectivity index (χ3v) is 2.93. The van der Waals surface area contributed by atoms with E-state index < -0.39 is 5.95 Å². The van der Waals surface area contributed by atoms with Crippen molar-refractivity contribution >= 4 is 5.91 Å². The molecule has 2 aromatic rings. The summed E-state index contributed by atoms with van der Waals surface area (Å²) in [6.45, 7) is 4.11. The predicted molar refractivity (Wildman–Crippen MR) is 73.4 cm³/mol. The van der Waals surface area contributed by atoms with Gasteiger partial charge in [0.1, 0.15) is 0 Å². The van der Waals surface area contributed by atoms with Gasteiger partial charge in [0, 0.05) is 18.4 Å². The fourth-order valence-electron chi connectivity index (χ4n) is 1.86. The molecule has 0 aliphatic carbocycles. The molecule has 0 saturated heterocycles. The van der Waals surface area contributed by atoms with Gasteiger partial charge in [-0.05, 0) is 38.1 Å². The molecule has 0 atom stereocenters. The average Bonchev–Trinajstić information content (AvgIpc) is 2.45. The molecule has 0 saturated carbocycles. The minimum Gasteiger partial charge on any atom is -0.330 e. The SMILES string of the molecule is CC(C)N(Cc1ccccn1)C(=O)c1cccnc1F. The lowest BCUT2D eigenvalue weighted by Gasteiger charge is -2.26. The van der Waals surface area contributed by atoms with Crippen LogP contribution in [0, 0.1) is 5.95 Å². The van der Waals surface area contributed by atoms with Crippen LogP contribution < -0.4 is 0 Å². The summed E-state index contributed by atoms with van der Waals surface area (Å²) in [5.74, 6) is -1.12. The first kappa shape index (κ1) is 14.1. The lowest BCUT2D eigenvalue weighted by Crippen LogP contribution is -2.37. The molecule has 0 bridgehead atoms. The standard InChI is InChI=1S/C15H16FN3O/c1-11(2)19(10-12-6-3-4-8-17-12)15(20)13-7-5-9-18-14(13)16/h3-9,11H,10H2,1-2H3. The van der Waals surface area contributed by atoms with Crippen LogP contribution in [0.2, 0.25) is 0 Å². The molecule has 2 aromatic heterocycles. The molecule has 0 N–H and O–H groups in total. The van der Waals surface area contributed by atoms with Gasteiger partial charge in [-0.1, -0.05) is 6.07 Å². The molecule has 0 fully saturated rings. The molecule has 4 nitrogen and oxygen atoms in total. The van der Waals surface area contributed by atoms with Crippen LogP contribution >= 0.6 is 0 Å². The molecule has 0 radical (unpaired) electrons. The van der Waals surface area contributed by atoms with E-state index >= 15 is 0 Å². The Kier molecular flexibility index (Phi) is 4.40.